The number of nitrogens with one attached hydrogen (secondary N) is 1. The molecule has 0 aliphatic carbocycles. The highest BCUT2D eigenvalue weighted by atomic mass is 16.1. The Hall–Kier alpha value is -4.69. The van der Waals surface area contributed by atoms with Crippen LogP contribution >= 0.6 is 0 Å². The predicted molar refractivity (Wildman–Crippen MR) is 122 cm³/mol. The fourth-order valence-electron chi connectivity index (χ4n) is 3.71. The van der Waals surface area contributed by atoms with E-state index in [0.29, 0.717) is 22.3 Å². The van der Waals surface area contributed by atoms with Crippen molar-refractivity contribution >= 4 is 22.5 Å². The van der Waals surface area contributed by atoms with Gasteiger partial charge in [-0.2, -0.15) is 15.5 Å². The Morgan fingerprint density at radius 1 is 1.16 bits per heavy atom. The molecule has 4 aromatic rings. The molecule has 0 aliphatic heterocycles. The number of nitrogens with zero attached hydrogens (tertiary/aromatic N) is 5. The molecule has 4 rings (SSSR count). The fourth-order valence-corrected chi connectivity index (χ4v) is 3.71. The largest absolute Gasteiger partial charge is 0.368 e. The third-order valence-electron chi connectivity index (χ3n) is 5.17. The molecule has 156 valence electrons. The van der Waals surface area contributed by atoms with Crippen LogP contribution in [-0.2, 0) is 6.42 Å². The van der Waals surface area contributed by atoms with Crippen LogP contribution in [0, 0.1) is 22.7 Å². The molecule has 3 N–H and O–H groups in total. The molecule has 32 heavy (non-hydrogen) atoms. The third kappa shape index (κ3) is 3.73. The van der Waals surface area contributed by atoms with Crippen LogP contribution in [0.25, 0.3) is 16.5 Å². The summed E-state index contributed by atoms with van der Waals surface area (Å²) in [4.78, 5) is 21.7. The van der Waals surface area contributed by atoms with E-state index in [1.807, 2.05) is 61.5 Å². The van der Waals surface area contributed by atoms with E-state index in [4.69, 9.17) is 5.73 Å². The molecule has 0 saturated heterocycles. The molecule has 0 bridgehead atoms. The van der Waals surface area contributed by atoms with Gasteiger partial charge in [0.15, 0.2) is 0 Å². The summed E-state index contributed by atoms with van der Waals surface area (Å²) in [5.74, 6) is 0.330. The maximum Gasteiger partial charge on any atom is 0.263 e. The number of aromatic nitrogens is 3. The van der Waals surface area contributed by atoms with Gasteiger partial charge in [-0.05, 0) is 36.1 Å². The van der Waals surface area contributed by atoms with Gasteiger partial charge < -0.3 is 11.1 Å². The van der Waals surface area contributed by atoms with Crippen molar-refractivity contribution in [1.29, 1.82) is 10.5 Å². The lowest BCUT2D eigenvalue weighted by Gasteiger charge is -2.22. The maximum absolute atomic E-state index is 13.7. The van der Waals surface area contributed by atoms with Gasteiger partial charge in [-0.1, -0.05) is 36.4 Å². The number of hydrogen-bond donors (Lipinski definition) is 2. The fraction of sp³-hybridized carbons (Fsp3) is 0.125. The number of para-hydroxylation sites is 1. The lowest BCUT2D eigenvalue weighted by molar-refractivity contribution is 0.772. The van der Waals surface area contributed by atoms with Crippen molar-refractivity contribution in [3.63, 3.8) is 0 Å². The molecule has 0 radical (unpaired) electrons. The van der Waals surface area contributed by atoms with Crippen LogP contribution in [0.2, 0.25) is 0 Å². The average molecular weight is 421 g/mol. The Morgan fingerprint density at radius 3 is 2.66 bits per heavy atom. The topological polar surface area (TPSA) is 133 Å². The number of hydrogen-bond acceptors (Lipinski definition) is 7. The zero-order valence-electron chi connectivity index (χ0n) is 17.3. The Kier molecular flexibility index (Phi) is 5.52. The van der Waals surface area contributed by atoms with Crippen LogP contribution in [0.15, 0.2) is 65.6 Å². The van der Waals surface area contributed by atoms with E-state index in [1.165, 1.54) is 6.20 Å². The number of nitriles is 2. The van der Waals surface area contributed by atoms with Gasteiger partial charge in [-0.3, -0.25) is 9.36 Å². The quantitative estimate of drug-likeness (QED) is 0.504. The summed E-state index contributed by atoms with van der Waals surface area (Å²) in [7, 11) is 0. The molecule has 0 aliphatic rings. The van der Waals surface area contributed by atoms with Crippen LogP contribution in [0.3, 0.4) is 0 Å². The second-order valence-electron chi connectivity index (χ2n) is 7.23. The first-order valence-electron chi connectivity index (χ1n) is 9.92. The molecular formula is C24H19N7O. The van der Waals surface area contributed by atoms with Gasteiger partial charge in [-0.15, -0.1) is 0 Å². The van der Waals surface area contributed by atoms with Crippen molar-refractivity contribution in [2.45, 2.75) is 19.4 Å². The highest BCUT2D eigenvalue weighted by Gasteiger charge is 2.19. The second kappa shape index (κ2) is 8.58. The zero-order valence-corrected chi connectivity index (χ0v) is 17.3. The first-order chi connectivity index (χ1) is 15.5. The van der Waals surface area contributed by atoms with Gasteiger partial charge in [0.1, 0.15) is 17.5 Å². The zero-order chi connectivity index (χ0) is 22.7. The molecule has 0 spiro atoms. The van der Waals surface area contributed by atoms with E-state index in [0.717, 1.165) is 5.39 Å². The van der Waals surface area contributed by atoms with Crippen molar-refractivity contribution in [2.24, 2.45) is 0 Å². The number of nitrogens with two attached hydrogens (primary N) is 1. The molecule has 1 atom stereocenters. The smallest absolute Gasteiger partial charge is 0.263 e. The van der Waals surface area contributed by atoms with Crippen LogP contribution in [0.1, 0.15) is 29.8 Å². The summed E-state index contributed by atoms with van der Waals surface area (Å²) in [5.41, 5.74) is 7.78. The molecule has 2 aromatic carbocycles. The maximum atomic E-state index is 13.7. The summed E-state index contributed by atoms with van der Waals surface area (Å²) in [6, 6.07) is 20.5. The van der Waals surface area contributed by atoms with Crippen molar-refractivity contribution in [3.8, 4) is 17.8 Å². The minimum Gasteiger partial charge on any atom is -0.368 e. The minimum atomic E-state index is -0.409. The molecule has 2 heterocycles. The van der Waals surface area contributed by atoms with E-state index < -0.39 is 6.04 Å². The molecular weight excluding hydrogens is 402 g/mol. The summed E-state index contributed by atoms with van der Waals surface area (Å²) in [6.07, 6.45) is 1.50. The molecule has 0 fully saturated rings. The highest BCUT2D eigenvalue weighted by molar-refractivity contribution is 5.86. The number of pyridine rings is 1. The lowest BCUT2D eigenvalue weighted by Crippen LogP contribution is -2.26. The van der Waals surface area contributed by atoms with Gasteiger partial charge in [0.2, 0.25) is 5.95 Å². The van der Waals surface area contributed by atoms with E-state index >= 15 is 0 Å². The van der Waals surface area contributed by atoms with Gasteiger partial charge in [0, 0.05) is 11.4 Å². The van der Waals surface area contributed by atoms with Crippen LogP contribution in [0.4, 0.5) is 11.8 Å². The molecule has 8 heteroatoms. The number of nitrogen functional groups attached to an aromatic ring is 1. The van der Waals surface area contributed by atoms with E-state index in [9.17, 15) is 15.3 Å². The molecule has 0 saturated carbocycles. The van der Waals surface area contributed by atoms with Gasteiger partial charge in [0.05, 0.1) is 30.1 Å². The van der Waals surface area contributed by atoms with Gasteiger partial charge in [-0.25, -0.2) is 4.98 Å². The highest BCUT2D eigenvalue weighted by Crippen LogP contribution is 2.26. The van der Waals surface area contributed by atoms with Crippen molar-refractivity contribution < 1.29 is 0 Å². The van der Waals surface area contributed by atoms with Crippen molar-refractivity contribution in [3.05, 3.63) is 88.0 Å². The number of rotatable bonds is 5. The summed E-state index contributed by atoms with van der Waals surface area (Å²) in [6.45, 7) is 1.87. The van der Waals surface area contributed by atoms with E-state index in [-0.39, 0.29) is 29.3 Å². The van der Waals surface area contributed by atoms with Crippen LogP contribution < -0.4 is 16.6 Å². The SMILES string of the molecule is C[C@H](Nc1nc(N)ncc1C#N)c1cc2cccc(CC#N)c2c(=O)n1-c1ccccc1. The molecule has 8 nitrogen and oxygen atoms in total. The summed E-state index contributed by atoms with van der Waals surface area (Å²) < 4.78 is 1.62. The normalized spacial score (nSPS) is 11.5. The Morgan fingerprint density at radius 2 is 1.94 bits per heavy atom. The van der Waals surface area contributed by atoms with Crippen molar-refractivity contribution in [2.75, 3.05) is 11.1 Å². The van der Waals surface area contributed by atoms with E-state index in [1.54, 1.807) is 10.6 Å². The summed E-state index contributed by atoms with van der Waals surface area (Å²) in [5, 5.41) is 23.1. The van der Waals surface area contributed by atoms with Crippen LogP contribution in [0.5, 0.6) is 0 Å². The van der Waals surface area contributed by atoms with Gasteiger partial charge >= 0.3 is 0 Å². The predicted octanol–water partition coefficient (Wildman–Crippen LogP) is 3.47. The Labute approximate surface area is 184 Å². The third-order valence-corrected chi connectivity index (χ3v) is 5.17. The number of fused-ring (bicyclic) bond motifs is 1. The lowest BCUT2D eigenvalue weighted by atomic mass is 10.0. The van der Waals surface area contributed by atoms with Crippen molar-refractivity contribution in [1.82, 2.24) is 14.5 Å². The average Bonchev–Trinajstić information content (AvgIpc) is 2.80. The molecule has 0 unspecified atom stereocenters. The monoisotopic (exact) mass is 421 g/mol. The van der Waals surface area contributed by atoms with Gasteiger partial charge in [0.25, 0.3) is 5.56 Å². The Bertz CT molecular complexity index is 1450. The van der Waals surface area contributed by atoms with E-state index in [2.05, 4.69) is 21.4 Å². The number of benzene rings is 2. The minimum absolute atomic E-state index is 0.0406. The molecule has 2 aromatic heterocycles. The molecule has 0 amide bonds. The Balaban J connectivity index is 1.95. The summed E-state index contributed by atoms with van der Waals surface area (Å²) >= 11 is 0. The first-order valence-corrected chi connectivity index (χ1v) is 9.92. The first kappa shape index (κ1) is 20.6. The standard InChI is InChI=1S/C24H19N7O/c1-15(29-22-18(13-26)14-28-24(27)30-22)20-12-17-7-5-6-16(10-11-25)21(17)23(32)31(20)19-8-3-2-4-9-19/h2-9,12,14-15H,10H2,1H3,(H3,27,28,29,30)/t15-/m0/s1. The number of anilines is 2. The second-order valence-corrected chi connectivity index (χ2v) is 7.23. The van der Waals surface area contributed by atoms with Crippen LogP contribution in [-0.4, -0.2) is 14.5 Å².